The molecule has 0 aliphatic heterocycles. The zero-order valence-corrected chi connectivity index (χ0v) is 15.3. The number of methoxy groups -OCH3 is 1. The van der Waals surface area contributed by atoms with Gasteiger partial charge in [0.2, 0.25) is 11.8 Å². The van der Waals surface area contributed by atoms with Crippen LogP contribution in [-0.4, -0.2) is 25.5 Å². The molecule has 2 N–H and O–H groups in total. The maximum Gasteiger partial charge on any atom is 0.248 e. The van der Waals surface area contributed by atoms with Crippen molar-refractivity contribution >= 4 is 29.3 Å². The Hall–Kier alpha value is -3.35. The minimum absolute atomic E-state index is 0.0272. The highest BCUT2D eigenvalue weighted by molar-refractivity contribution is 6.02. The molecular formula is C20H21FN2O4. The average Bonchev–Trinajstić information content (AvgIpc) is 2.63. The number of nitrogens with one attached hydrogen (secondary N) is 2. The van der Waals surface area contributed by atoms with Crippen molar-refractivity contribution in [2.45, 2.75) is 13.8 Å². The predicted octanol–water partition coefficient (Wildman–Crippen LogP) is 3.84. The van der Waals surface area contributed by atoms with Crippen LogP contribution >= 0.6 is 0 Å². The second-order valence-electron chi connectivity index (χ2n) is 5.54. The molecule has 0 saturated carbocycles. The first-order valence-corrected chi connectivity index (χ1v) is 8.30. The van der Waals surface area contributed by atoms with Crippen LogP contribution in [0.4, 0.5) is 15.8 Å². The zero-order chi connectivity index (χ0) is 19.8. The molecule has 0 aromatic heterocycles. The normalized spacial score (nSPS) is 10.5. The summed E-state index contributed by atoms with van der Waals surface area (Å²) < 4.78 is 24.6. The van der Waals surface area contributed by atoms with Crippen molar-refractivity contribution in [1.29, 1.82) is 0 Å². The van der Waals surface area contributed by atoms with E-state index in [-0.39, 0.29) is 11.6 Å². The summed E-state index contributed by atoms with van der Waals surface area (Å²) in [5.41, 5.74) is 1.09. The lowest BCUT2D eigenvalue weighted by molar-refractivity contribution is -0.114. The van der Waals surface area contributed by atoms with Crippen molar-refractivity contribution in [3.63, 3.8) is 0 Å². The van der Waals surface area contributed by atoms with Gasteiger partial charge in [-0.25, -0.2) is 4.39 Å². The molecule has 142 valence electrons. The summed E-state index contributed by atoms with van der Waals surface area (Å²) in [6, 6.07) is 9.17. The van der Waals surface area contributed by atoms with Gasteiger partial charge >= 0.3 is 0 Å². The van der Waals surface area contributed by atoms with Gasteiger partial charge in [-0.3, -0.25) is 9.59 Å². The topological polar surface area (TPSA) is 76.7 Å². The van der Waals surface area contributed by atoms with Crippen molar-refractivity contribution in [2.75, 3.05) is 24.4 Å². The number of carbonyl (C=O) groups excluding carboxylic acids is 2. The highest BCUT2D eigenvalue weighted by Crippen LogP contribution is 2.28. The smallest absolute Gasteiger partial charge is 0.248 e. The highest BCUT2D eigenvalue weighted by atomic mass is 19.1. The van der Waals surface area contributed by atoms with Gasteiger partial charge in [0.15, 0.2) is 11.5 Å². The molecule has 0 radical (unpaired) electrons. The lowest BCUT2D eigenvalue weighted by atomic mass is 10.2. The largest absolute Gasteiger partial charge is 0.493 e. The molecule has 2 aromatic carbocycles. The molecule has 0 aliphatic rings. The fourth-order valence-electron chi connectivity index (χ4n) is 2.31. The second kappa shape index (κ2) is 9.38. The third kappa shape index (κ3) is 5.85. The standard InChI is InChI=1S/C20H21FN2O4/c1-4-27-19-11-14(5-9-18(19)26-3)6-10-20(25)23-17-12-15(22-13(2)24)7-8-16(17)21/h5-12H,4H2,1-3H3,(H,22,24)(H,23,25)/b10-6+. The Kier molecular flexibility index (Phi) is 6.93. The van der Waals surface area contributed by atoms with Crippen LogP contribution in [0.3, 0.4) is 0 Å². The Bertz CT molecular complexity index is 865. The number of hydrogen-bond donors (Lipinski definition) is 2. The summed E-state index contributed by atoms with van der Waals surface area (Å²) in [6.07, 6.45) is 2.86. The number of ether oxygens (including phenoxy) is 2. The molecule has 7 heteroatoms. The molecule has 2 rings (SSSR count). The maximum atomic E-state index is 13.9. The van der Waals surface area contributed by atoms with Gasteiger partial charge in [-0.1, -0.05) is 6.07 Å². The summed E-state index contributed by atoms with van der Waals surface area (Å²) >= 11 is 0. The van der Waals surface area contributed by atoms with E-state index >= 15 is 0 Å². The van der Waals surface area contributed by atoms with Crippen molar-refractivity contribution in [2.24, 2.45) is 0 Å². The van der Waals surface area contributed by atoms with E-state index in [1.807, 2.05) is 6.92 Å². The van der Waals surface area contributed by atoms with Gasteiger partial charge in [0.05, 0.1) is 19.4 Å². The van der Waals surface area contributed by atoms with Gasteiger partial charge in [-0.2, -0.15) is 0 Å². The number of carbonyl (C=O) groups is 2. The molecule has 2 amide bonds. The second-order valence-corrected chi connectivity index (χ2v) is 5.54. The van der Waals surface area contributed by atoms with Gasteiger partial charge in [0.1, 0.15) is 5.82 Å². The molecule has 0 bridgehead atoms. The molecule has 2 aromatic rings. The van der Waals surface area contributed by atoms with Crippen LogP contribution in [0, 0.1) is 5.82 Å². The van der Waals surface area contributed by atoms with E-state index in [2.05, 4.69) is 10.6 Å². The maximum absolute atomic E-state index is 13.9. The van der Waals surface area contributed by atoms with Gasteiger partial charge < -0.3 is 20.1 Å². The molecule has 6 nitrogen and oxygen atoms in total. The van der Waals surface area contributed by atoms with Crippen LogP contribution in [0.5, 0.6) is 11.5 Å². The van der Waals surface area contributed by atoms with Gasteiger partial charge in [0.25, 0.3) is 0 Å². The van der Waals surface area contributed by atoms with Crippen LogP contribution in [0.25, 0.3) is 6.08 Å². The summed E-state index contributed by atoms with van der Waals surface area (Å²) in [5, 5.41) is 4.98. The van der Waals surface area contributed by atoms with E-state index in [4.69, 9.17) is 9.47 Å². The van der Waals surface area contributed by atoms with E-state index < -0.39 is 11.7 Å². The van der Waals surface area contributed by atoms with Crippen LogP contribution in [-0.2, 0) is 9.59 Å². The molecule has 0 heterocycles. The van der Waals surface area contributed by atoms with Gasteiger partial charge in [0, 0.05) is 18.7 Å². The number of anilines is 2. The molecule has 0 unspecified atom stereocenters. The summed E-state index contributed by atoms with van der Waals surface area (Å²) in [7, 11) is 1.55. The Morgan fingerprint density at radius 3 is 2.56 bits per heavy atom. The van der Waals surface area contributed by atoms with Crippen LogP contribution in [0.15, 0.2) is 42.5 Å². The molecular weight excluding hydrogens is 351 g/mol. The molecule has 0 aliphatic carbocycles. The minimum Gasteiger partial charge on any atom is -0.493 e. The monoisotopic (exact) mass is 372 g/mol. The van der Waals surface area contributed by atoms with Crippen molar-refractivity contribution < 1.29 is 23.5 Å². The molecule has 0 atom stereocenters. The van der Waals surface area contributed by atoms with Crippen LogP contribution < -0.4 is 20.1 Å². The van der Waals surface area contributed by atoms with E-state index in [1.165, 1.54) is 31.2 Å². The third-order valence-electron chi connectivity index (χ3n) is 3.46. The third-order valence-corrected chi connectivity index (χ3v) is 3.46. The molecule has 27 heavy (non-hydrogen) atoms. The van der Waals surface area contributed by atoms with Crippen LogP contribution in [0.1, 0.15) is 19.4 Å². The van der Waals surface area contributed by atoms with Crippen LogP contribution in [0.2, 0.25) is 0 Å². The lowest BCUT2D eigenvalue weighted by Gasteiger charge is -2.09. The first-order valence-electron chi connectivity index (χ1n) is 8.30. The number of halogens is 1. The van der Waals surface area contributed by atoms with E-state index in [9.17, 15) is 14.0 Å². The number of benzene rings is 2. The quantitative estimate of drug-likeness (QED) is 0.724. The van der Waals surface area contributed by atoms with Crippen molar-refractivity contribution in [3.05, 3.63) is 53.9 Å². The molecule has 0 fully saturated rings. The lowest BCUT2D eigenvalue weighted by Crippen LogP contribution is -2.11. The zero-order valence-electron chi connectivity index (χ0n) is 15.3. The van der Waals surface area contributed by atoms with E-state index in [1.54, 1.807) is 31.4 Å². The minimum atomic E-state index is -0.603. The Morgan fingerprint density at radius 2 is 1.89 bits per heavy atom. The van der Waals surface area contributed by atoms with Gasteiger partial charge in [-0.15, -0.1) is 0 Å². The number of hydrogen-bond acceptors (Lipinski definition) is 4. The molecule has 0 spiro atoms. The Balaban J connectivity index is 2.11. The Labute approximate surface area is 157 Å². The fourth-order valence-corrected chi connectivity index (χ4v) is 2.31. The van der Waals surface area contributed by atoms with E-state index in [0.29, 0.717) is 23.8 Å². The summed E-state index contributed by atoms with van der Waals surface area (Å²) in [5.74, 6) is -0.244. The first kappa shape index (κ1) is 20.0. The summed E-state index contributed by atoms with van der Waals surface area (Å²) in [6.45, 7) is 3.68. The Morgan fingerprint density at radius 1 is 1.11 bits per heavy atom. The SMILES string of the molecule is CCOc1cc(/C=C/C(=O)Nc2cc(NC(C)=O)ccc2F)ccc1OC. The van der Waals surface area contributed by atoms with Gasteiger partial charge in [-0.05, 0) is 48.9 Å². The van der Waals surface area contributed by atoms with E-state index in [0.717, 1.165) is 5.56 Å². The summed E-state index contributed by atoms with van der Waals surface area (Å²) in [4.78, 5) is 23.2. The van der Waals surface area contributed by atoms with Crippen molar-refractivity contribution in [1.82, 2.24) is 0 Å². The fraction of sp³-hybridized carbons (Fsp3) is 0.200. The first-order chi connectivity index (χ1) is 12.9. The molecule has 0 saturated heterocycles. The average molecular weight is 372 g/mol. The van der Waals surface area contributed by atoms with Crippen molar-refractivity contribution in [3.8, 4) is 11.5 Å². The number of amides is 2. The highest BCUT2D eigenvalue weighted by Gasteiger charge is 2.08. The number of rotatable bonds is 7. The predicted molar refractivity (Wildman–Crippen MR) is 103 cm³/mol.